The summed E-state index contributed by atoms with van der Waals surface area (Å²) < 4.78 is 18.4. The Balaban J connectivity index is 1.44. The van der Waals surface area contributed by atoms with Gasteiger partial charge in [0.2, 0.25) is 29.7 Å². The molecule has 2 aliphatic heterocycles. The lowest BCUT2D eigenvalue weighted by atomic mass is 10.1. The number of anilines is 1. The number of unbranched alkanes of at least 4 members (excludes halogenated alkanes) is 1. The van der Waals surface area contributed by atoms with Crippen molar-refractivity contribution in [2.24, 2.45) is 10.8 Å². The molecule has 12 nitrogen and oxygen atoms in total. The Kier molecular flexibility index (Phi) is 9.05. The van der Waals surface area contributed by atoms with Crippen LogP contribution < -0.4 is 16.3 Å². The fourth-order valence-electron chi connectivity index (χ4n) is 5.41. The number of aromatic nitrogens is 3. The van der Waals surface area contributed by atoms with Crippen LogP contribution in [0.4, 0.5) is 5.95 Å². The molecule has 1 aromatic carbocycles. The molecule has 0 saturated carbocycles. The molecule has 4 heterocycles. The summed E-state index contributed by atoms with van der Waals surface area (Å²) in [7, 11) is 5.85. The molecule has 5 rings (SSSR count). The molecule has 3 aromatic rings. The normalized spacial score (nSPS) is 17.9. The van der Waals surface area contributed by atoms with Crippen LogP contribution in [-0.2, 0) is 15.9 Å². The number of morpholine rings is 1. The first kappa shape index (κ1) is 29.5. The number of rotatable bonds is 10. The number of hydrogen-bond acceptors (Lipinski definition) is 11. The summed E-state index contributed by atoms with van der Waals surface area (Å²) in [5.41, 5.74) is 8.14. The largest absolute Gasteiger partial charge is 0.491 e. The zero-order chi connectivity index (χ0) is 29.7. The Labute approximate surface area is 247 Å². The summed E-state index contributed by atoms with van der Waals surface area (Å²) in [5, 5.41) is 3.84. The number of aryl methyl sites for hydroxylation is 1. The number of likely N-dealkylation sites (N-methyl/N-ethyl adjacent to an activating group) is 1. The number of fused-ring (bicyclic) bond motifs is 1. The number of aliphatic imine (C=N–C) groups is 1. The van der Waals surface area contributed by atoms with Gasteiger partial charge in [-0.2, -0.15) is 0 Å². The van der Waals surface area contributed by atoms with Crippen LogP contribution in [-0.4, -0.2) is 102 Å². The predicted molar refractivity (Wildman–Crippen MR) is 163 cm³/mol. The second-order valence-corrected chi connectivity index (χ2v) is 11.1. The van der Waals surface area contributed by atoms with Gasteiger partial charge in [0.05, 0.1) is 34.4 Å². The molecule has 0 aliphatic carbocycles. The van der Waals surface area contributed by atoms with Gasteiger partial charge in [-0.1, -0.05) is 31.5 Å². The third-order valence-corrected chi connectivity index (χ3v) is 7.75. The Bertz CT molecular complexity index is 1440. The highest BCUT2D eigenvalue weighted by molar-refractivity contribution is 5.89. The molecule has 224 valence electrons. The number of nitrogens with two attached hydrogens (primary N) is 2. The highest BCUT2D eigenvalue weighted by Crippen LogP contribution is 2.33. The van der Waals surface area contributed by atoms with Gasteiger partial charge in [0.1, 0.15) is 18.8 Å². The monoisotopic (exact) mass is 576 g/mol. The van der Waals surface area contributed by atoms with Gasteiger partial charge < -0.3 is 24.8 Å². The van der Waals surface area contributed by atoms with Crippen LogP contribution in [0.2, 0.25) is 0 Å². The van der Waals surface area contributed by atoms with E-state index in [0.717, 1.165) is 35.7 Å². The standard InChI is InChI=1S/C30H42N9O3/c1-5-6-10-23-18-21-9-7-8-11-24(21)27(35-23)42-17-14-39(2,3)28-26(40-4)25(22-19-33-29(31)34-20-22)36-30(38(28)32)37-12-15-41-16-13-37/h7-9,11,18-20,28H,5-6,10,12-17,32H2,1-4H3,(H2,31,33,34)/q+1. The van der Waals surface area contributed by atoms with E-state index in [9.17, 15) is 0 Å². The highest BCUT2D eigenvalue weighted by Gasteiger charge is 2.45. The molecule has 1 saturated heterocycles. The number of ether oxygens (including phenoxy) is 3. The predicted octanol–water partition coefficient (Wildman–Crippen LogP) is 2.62. The number of hydrazine groups is 1. The summed E-state index contributed by atoms with van der Waals surface area (Å²) in [6, 6.07) is 10.4. The second kappa shape index (κ2) is 12.9. The smallest absolute Gasteiger partial charge is 0.241 e. The Morgan fingerprint density at radius 2 is 1.86 bits per heavy atom. The van der Waals surface area contributed by atoms with Gasteiger partial charge in [-0.3, -0.25) is 4.48 Å². The second-order valence-electron chi connectivity index (χ2n) is 11.1. The highest BCUT2D eigenvalue weighted by atomic mass is 16.5. The lowest BCUT2D eigenvalue weighted by molar-refractivity contribution is -0.921. The SMILES string of the molecule is CCCCc1cc2ccccc2c(OCC[N+](C)(C)C2C(OC)=C(c3cnc(N)nc3)N=C(N3CCOCC3)N2N)n1. The minimum Gasteiger partial charge on any atom is -0.491 e. The van der Waals surface area contributed by atoms with E-state index in [1.807, 2.05) is 12.1 Å². The van der Waals surface area contributed by atoms with Crippen LogP contribution in [0.25, 0.3) is 16.5 Å². The van der Waals surface area contributed by atoms with E-state index in [0.29, 0.717) is 72.8 Å². The number of nitrogens with zero attached hydrogens (tertiary/aromatic N) is 7. The molecule has 0 spiro atoms. The van der Waals surface area contributed by atoms with E-state index < -0.39 is 6.17 Å². The van der Waals surface area contributed by atoms with Gasteiger partial charge in [-0.15, -0.1) is 0 Å². The van der Waals surface area contributed by atoms with Crippen molar-refractivity contribution < 1.29 is 18.7 Å². The molecule has 4 N–H and O–H groups in total. The van der Waals surface area contributed by atoms with Crippen molar-refractivity contribution in [2.45, 2.75) is 32.4 Å². The van der Waals surface area contributed by atoms with Crippen molar-refractivity contribution in [2.75, 3.05) is 66.4 Å². The lowest BCUT2D eigenvalue weighted by Gasteiger charge is -2.46. The molecule has 0 radical (unpaired) electrons. The van der Waals surface area contributed by atoms with Gasteiger partial charge >= 0.3 is 0 Å². The number of benzene rings is 1. The number of quaternary nitrogens is 1. The molecule has 0 amide bonds. The topological polar surface area (TPSA) is 137 Å². The van der Waals surface area contributed by atoms with E-state index in [1.54, 1.807) is 24.5 Å². The number of nitrogen functional groups attached to an aromatic ring is 1. The quantitative estimate of drug-likeness (QED) is 0.274. The van der Waals surface area contributed by atoms with Crippen LogP contribution in [0.1, 0.15) is 31.0 Å². The number of pyridine rings is 1. The van der Waals surface area contributed by atoms with E-state index in [-0.39, 0.29) is 5.95 Å². The van der Waals surface area contributed by atoms with Crippen molar-refractivity contribution >= 4 is 28.4 Å². The third-order valence-electron chi connectivity index (χ3n) is 7.75. The summed E-state index contributed by atoms with van der Waals surface area (Å²) in [4.78, 5) is 20.4. The Morgan fingerprint density at radius 1 is 1.12 bits per heavy atom. The molecule has 2 aliphatic rings. The van der Waals surface area contributed by atoms with Gasteiger partial charge in [-0.05, 0) is 30.4 Å². The first-order valence-electron chi connectivity index (χ1n) is 14.5. The average molecular weight is 577 g/mol. The van der Waals surface area contributed by atoms with Crippen LogP contribution in [0.3, 0.4) is 0 Å². The van der Waals surface area contributed by atoms with E-state index in [1.165, 1.54) is 0 Å². The zero-order valence-electron chi connectivity index (χ0n) is 25.0. The van der Waals surface area contributed by atoms with Crippen molar-refractivity contribution in [1.82, 2.24) is 24.9 Å². The summed E-state index contributed by atoms with van der Waals surface area (Å²) >= 11 is 0. The van der Waals surface area contributed by atoms with Crippen molar-refractivity contribution in [3.8, 4) is 5.88 Å². The minimum absolute atomic E-state index is 0.191. The van der Waals surface area contributed by atoms with E-state index in [2.05, 4.69) is 54.1 Å². The van der Waals surface area contributed by atoms with Crippen LogP contribution in [0.15, 0.2) is 53.5 Å². The number of hydrogen-bond donors (Lipinski definition) is 2. The van der Waals surface area contributed by atoms with Crippen molar-refractivity contribution in [3.05, 3.63) is 59.7 Å². The fourth-order valence-corrected chi connectivity index (χ4v) is 5.41. The van der Waals surface area contributed by atoms with E-state index in [4.69, 9.17) is 35.8 Å². The van der Waals surface area contributed by atoms with Gasteiger partial charge in [-0.25, -0.2) is 30.8 Å². The van der Waals surface area contributed by atoms with Gasteiger partial charge in [0.15, 0.2) is 0 Å². The lowest BCUT2D eigenvalue weighted by Crippen LogP contribution is -2.67. The molecular formula is C30H42N9O3+. The molecule has 42 heavy (non-hydrogen) atoms. The maximum absolute atomic E-state index is 6.88. The molecule has 12 heteroatoms. The van der Waals surface area contributed by atoms with Crippen molar-refractivity contribution in [1.29, 1.82) is 0 Å². The van der Waals surface area contributed by atoms with Crippen molar-refractivity contribution in [3.63, 3.8) is 0 Å². The van der Waals surface area contributed by atoms with Gasteiger partial charge in [0, 0.05) is 42.1 Å². The molecule has 2 aromatic heterocycles. The molecule has 1 fully saturated rings. The average Bonchev–Trinajstić information content (AvgIpc) is 3.00. The summed E-state index contributed by atoms with van der Waals surface area (Å²) in [6.45, 7) is 5.78. The van der Waals surface area contributed by atoms with E-state index >= 15 is 0 Å². The van der Waals surface area contributed by atoms with Crippen LogP contribution in [0.5, 0.6) is 5.88 Å². The third kappa shape index (κ3) is 6.25. The summed E-state index contributed by atoms with van der Waals surface area (Å²) in [6.07, 6.45) is 6.03. The van der Waals surface area contributed by atoms with Gasteiger partial charge in [0.25, 0.3) is 0 Å². The van der Waals surface area contributed by atoms with Crippen LogP contribution >= 0.6 is 0 Å². The maximum atomic E-state index is 6.88. The zero-order valence-corrected chi connectivity index (χ0v) is 25.0. The Hall–Kier alpha value is -4.00. The number of methoxy groups -OCH3 is 1. The first-order chi connectivity index (χ1) is 20.3. The molecule has 1 atom stereocenters. The number of guanidine groups is 1. The Morgan fingerprint density at radius 3 is 2.57 bits per heavy atom. The fraction of sp³-hybridized carbons (Fsp3) is 0.467. The maximum Gasteiger partial charge on any atom is 0.241 e. The molecule has 1 unspecified atom stereocenters. The summed E-state index contributed by atoms with van der Waals surface area (Å²) in [5.74, 6) is 8.98. The molecular weight excluding hydrogens is 534 g/mol. The first-order valence-corrected chi connectivity index (χ1v) is 14.5. The molecule has 0 bridgehead atoms. The minimum atomic E-state index is -0.415. The van der Waals surface area contributed by atoms with Crippen LogP contribution in [0, 0.1) is 0 Å².